The van der Waals surface area contributed by atoms with Crippen molar-refractivity contribution in [2.24, 2.45) is 5.18 Å². The molecule has 0 radical (unpaired) electrons. The first-order valence-corrected chi connectivity index (χ1v) is 2.96. The van der Waals surface area contributed by atoms with Crippen LogP contribution in [-0.2, 0) is 0 Å². The Morgan fingerprint density at radius 1 is 1.55 bits per heavy atom. The monoisotopic (exact) mass is 152 g/mol. The fourth-order valence-electron chi connectivity index (χ4n) is 0.713. The summed E-state index contributed by atoms with van der Waals surface area (Å²) in [6, 6.07) is 3.89. The quantitative estimate of drug-likeness (QED) is 0.597. The minimum atomic E-state index is -0.250. The van der Waals surface area contributed by atoms with Crippen LogP contribution in [0.4, 0.5) is 5.69 Å². The molecule has 0 heterocycles. The maximum absolute atomic E-state index is 10.8. The molecule has 0 aliphatic rings. The number of hydrogen-bond acceptors (Lipinski definition) is 4. The zero-order valence-electron chi connectivity index (χ0n) is 5.90. The summed E-state index contributed by atoms with van der Waals surface area (Å²) >= 11 is 0. The molecule has 0 saturated heterocycles. The van der Waals surface area contributed by atoms with E-state index < -0.39 is 0 Å². The summed E-state index contributed by atoms with van der Waals surface area (Å²) in [5, 5.41) is 13.5. The third-order valence-corrected chi connectivity index (χ3v) is 1.25. The Hall–Kier alpha value is -1.58. The van der Waals surface area contributed by atoms with Gasteiger partial charge < -0.3 is 9.84 Å². The molecule has 1 aromatic carbocycles. The molecule has 0 fully saturated rings. The predicted molar refractivity (Wildman–Crippen MR) is 37.9 cm³/mol. The lowest BCUT2D eigenvalue weighted by Gasteiger charge is -2.10. The molecule has 0 aliphatic heterocycles. The zero-order valence-corrected chi connectivity index (χ0v) is 5.90. The Bertz CT molecular complexity index is 272. The molecule has 0 bridgehead atoms. The van der Waals surface area contributed by atoms with Gasteiger partial charge >= 0.3 is 0 Å². The summed E-state index contributed by atoms with van der Waals surface area (Å²) < 4.78 is 4.68. The molecule has 0 spiro atoms. The summed E-state index contributed by atoms with van der Waals surface area (Å²) in [6.45, 7) is 0. The van der Waals surface area contributed by atoms with E-state index in [-0.39, 0.29) is 17.2 Å². The van der Waals surface area contributed by atoms with E-state index in [1.54, 1.807) is 0 Å². The number of ether oxygens (including phenoxy) is 1. The van der Waals surface area contributed by atoms with E-state index >= 15 is 0 Å². The van der Waals surface area contributed by atoms with Gasteiger partial charge in [0, 0.05) is 6.07 Å². The standard InChI is InChI=1S/C7H7NO3/c1-11-7-4-5(8-10)2-3-6(7)9/h2-4,9H,1H3/p-1. The summed E-state index contributed by atoms with van der Waals surface area (Å²) in [5.41, 5.74) is 0.196. The fourth-order valence-corrected chi connectivity index (χ4v) is 0.713. The van der Waals surface area contributed by atoms with Crippen molar-refractivity contribution in [2.45, 2.75) is 0 Å². The Morgan fingerprint density at radius 2 is 2.27 bits per heavy atom. The van der Waals surface area contributed by atoms with Gasteiger partial charge in [-0.15, -0.1) is 4.91 Å². The first-order valence-electron chi connectivity index (χ1n) is 2.96. The van der Waals surface area contributed by atoms with E-state index in [4.69, 9.17) is 0 Å². The minimum Gasteiger partial charge on any atom is -0.870 e. The topological polar surface area (TPSA) is 61.7 Å². The molecule has 0 saturated carbocycles. The van der Waals surface area contributed by atoms with Gasteiger partial charge in [-0.25, -0.2) is 0 Å². The Balaban J connectivity index is 3.12. The molecule has 0 unspecified atom stereocenters. The van der Waals surface area contributed by atoms with Crippen molar-refractivity contribution in [2.75, 3.05) is 7.11 Å². The molecular weight excluding hydrogens is 146 g/mol. The SMILES string of the molecule is COc1cc(N=O)ccc1[O-]. The average Bonchev–Trinajstić information content (AvgIpc) is 2.05. The van der Waals surface area contributed by atoms with Gasteiger partial charge in [0.15, 0.2) is 0 Å². The second kappa shape index (κ2) is 3.01. The second-order valence-corrected chi connectivity index (χ2v) is 1.93. The second-order valence-electron chi connectivity index (χ2n) is 1.93. The van der Waals surface area contributed by atoms with Gasteiger partial charge in [-0.3, -0.25) is 0 Å². The highest BCUT2D eigenvalue weighted by Gasteiger charge is 1.95. The third-order valence-electron chi connectivity index (χ3n) is 1.25. The fraction of sp³-hybridized carbons (Fsp3) is 0.143. The maximum Gasteiger partial charge on any atom is 0.113 e. The van der Waals surface area contributed by atoms with Gasteiger partial charge in [-0.05, 0) is 11.2 Å². The summed E-state index contributed by atoms with van der Waals surface area (Å²) in [4.78, 5) is 9.98. The van der Waals surface area contributed by atoms with Crippen molar-refractivity contribution >= 4 is 5.69 Å². The highest BCUT2D eigenvalue weighted by molar-refractivity contribution is 5.49. The van der Waals surface area contributed by atoms with Gasteiger partial charge in [0.2, 0.25) is 0 Å². The number of nitroso groups, excluding NO2 is 1. The zero-order chi connectivity index (χ0) is 8.27. The molecule has 0 atom stereocenters. The number of nitrogens with zero attached hydrogens (tertiary/aromatic N) is 1. The maximum atomic E-state index is 10.8. The van der Waals surface area contributed by atoms with Crippen molar-refractivity contribution < 1.29 is 9.84 Å². The lowest BCUT2D eigenvalue weighted by atomic mass is 10.3. The highest BCUT2D eigenvalue weighted by atomic mass is 16.5. The van der Waals surface area contributed by atoms with Crippen molar-refractivity contribution in [1.29, 1.82) is 0 Å². The summed E-state index contributed by atoms with van der Waals surface area (Å²) in [5.74, 6) is -0.109. The van der Waals surface area contributed by atoms with Crippen LogP contribution in [0, 0.1) is 4.91 Å². The third kappa shape index (κ3) is 1.46. The Labute approximate surface area is 63.4 Å². The molecule has 4 nitrogen and oxygen atoms in total. The van der Waals surface area contributed by atoms with Gasteiger partial charge in [-0.2, -0.15) is 0 Å². The van der Waals surface area contributed by atoms with Crippen LogP contribution >= 0.6 is 0 Å². The number of methoxy groups -OCH3 is 1. The molecule has 0 N–H and O–H groups in total. The van der Waals surface area contributed by atoms with Crippen LogP contribution < -0.4 is 9.84 Å². The van der Waals surface area contributed by atoms with Gasteiger partial charge in [-0.1, -0.05) is 11.8 Å². The Kier molecular flexibility index (Phi) is 2.06. The highest BCUT2D eigenvalue weighted by Crippen LogP contribution is 2.27. The molecule has 4 heteroatoms. The van der Waals surface area contributed by atoms with Crippen molar-refractivity contribution in [3.8, 4) is 11.5 Å². The number of benzene rings is 1. The lowest BCUT2D eigenvalue weighted by Crippen LogP contribution is -1.93. The van der Waals surface area contributed by atoms with Gasteiger partial charge in [0.25, 0.3) is 0 Å². The van der Waals surface area contributed by atoms with E-state index in [1.807, 2.05) is 0 Å². The molecule has 0 aliphatic carbocycles. The lowest BCUT2D eigenvalue weighted by molar-refractivity contribution is -0.270. The van der Waals surface area contributed by atoms with E-state index in [9.17, 15) is 10.0 Å². The summed E-state index contributed by atoms with van der Waals surface area (Å²) in [6.07, 6.45) is 0. The number of hydrogen-bond donors (Lipinski definition) is 0. The van der Waals surface area contributed by atoms with E-state index in [0.29, 0.717) is 0 Å². The van der Waals surface area contributed by atoms with Crippen LogP contribution in [0.25, 0.3) is 0 Å². The van der Waals surface area contributed by atoms with E-state index in [2.05, 4.69) is 9.91 Å². The van der Waals surface area contributed by atoms with E-state index in [1.165, 1.54) is 25.3 Å². The smallest absolute Gasteiger partial charge is 0.113 e. The molecule has 1 aromatic rings. The van der Waals surface area contributed by atoms with E-state index in [0.717, 1.165) is 0 Å². The average molecular weight is 152 g/mol. The minimum absolute atomic E-state index is 0.141. The van der Waals surface area contributed by atoms with Crippen LogP contribution in [-0.4, -0.2) is 7.11 Å². The normalized spacial score (nSPS) is 9.18. The molecule has 0 amide bonds. The van der Waals surface area contributed by atoms with Crippen molar-refractivity contribution in [3.05, 3.63) is 23.1 Å². The molecule has 0 aromatic heterocycles. The molecular formula is C7H6NO3-. The van der Waals surface area contributed by atoms with Crippen LogP contribution in [0.5, 0.6) is 11.5 Å². The first kappa shape index (κ1) is 7.53. The van der Waals surface area contributed by atoms with Gasteiger partial charge in [0.1, 0.15) is 11.4 Å². The first-order chi connectivity index (χ1) is 5.27. The van der Waals surface area contributed by atoms with Crippen molar-refractivity contribution in [3.63, 3.8) is 0 Å². The van der Waals surface area contributed by atoms with Crippen molar-refractivity contribution in [1.82, 2.24) is 0 Å². The molecule has 1 rings (SSSR count). The predicted octanol–water partition coefficient (Wildman–Crippen LogP) is 1.17. The van der Waals surface area contributed by atoms with Crippen LogP contribution in [0.2, 0.25) is 0 Å². The van der Waals surface area contributed by atoms with Crippen LogP contribution in [0.3, 0.4) is 0 Å². The van der Waals surface area contributed by atoms with Crippen LogP contribution in [0.15, 0.2) is 23.4 Å². The van der Waals surface area contributed by atoms with Crippen LogP contribution in [0.1, 0.15) is 0 Å². The largest absolute Gasteiger partial charge is 0.870 e. The Morgan fingerprint density at radius 3 is 2.82 bits per heavy atom. The molecule has 58 valence electrons. The molecule has 11 heavy (non-hydrogen) atoms. The number of rotatable bonds is 2. The van der Waals surface area contributed by atoms with Gasteiger partial charge in [0.05, 0.1) is 7.11 Å². The summed E-state index contributed by atoms with van der Waals surface area (Å²) in [7, 11) is 1.37.